The van der Waals surface area contributed by atoms with E-state index < -0.39 is 5.25 Å². The van der Waals surface area contributed by atoms with Gasteiger partial charge in [-0.25, -0.2) is 0 Å². The Morgan fingerprint density at radius 1 is 1.62 bits per heavy atom. The van der Waals surface area contributed by atoms with Crippen molar-refractivity contribution in [3.8, 4) is 0 Å². The van der Waals surface area contributed by atoms with Crippen LogP contribution in [0.15, 0.2) is 0 Å². The third-order valence-corrected chi connectivity index (χ3v) is 1.36. The SMILES string of the molecule is O=C1C[C@H](S)C(=O)N1. The standard InChI is InChI=1S/C4H5NO2S/c6-3-1-2(8)4(7)5-3/h2,8H,1H2,(H,5,6,7)/t2-/m0/s1. The molecule has 1 fully saturated rings. The van der Waals surface area contributed by atoms with Gasteiger partial charge in [-0.3, -0.25) is 14.9 Å². The lowest BCUT2D eigenvalue weighted by atomic mass is 10.4. The molecule has 8 heavy (non-hydrogen) atoms. The normalized spacial score (nSPS) is 28.4. The van der Waals surface area contributed by atoms with Gasteiger partial charge < -0.3 is 0 Å². The Kier molecular flexibility index (Phi) is 1.25. The Hall–Kier alpha value is -0.510. The smallest absolute Gasteiger partial charge is 0.239 e. The predicted octanol–water partition coefficient (Wildman–Crippen LogP) is -0.669. The summed E-state index contributed by atoms with van der Waals surface area (Å²) in [6.45, 7) is 0. The second-order valence-corrected chi connectivity index (χ2v) is 2.26. The number of hydrogen-bond acceptors (Lipinski definition) is 3. The lowest BCUT2D eigenvalue weighted by Crippen LogP contribution is -2.21. The Morgan fingerprint density at radius 3 is 2.38 bits per heavy atom. The lowest BCUT2D eigenvalue weighted by Gasteiger charge is -1.87. The largest absolute Gasteiger partial charge is 0.295 e. The average Bonchev–Trinajstić information content (AvgIpc) is 1.85. The van der Waals surface area contributed by atoms with Crippen LogP contribution in [0.4, 0.5) is 0 Å². The summed E-state index contributed by atoms with van der Waals surface area (Å²) < 4.78 is 0. The van der Waals surface area contributed by atoms with Crippen molar-refractivity contribution in [2.24, 2.45) is 0 Å². The fraction of sp³-hybridized carbons (Fsp3) is 0.500. The van der Waals surface area contributed by atoms with Crippen LogP contribution >= 0.6 is 12.6 Å². The molecule has 0 aliphatic carbocycles. The van der Waals surface area contributed by atoms with Gasteiger partial charge in [0.2, 0.25) is 11.8 Å². The van der Waals surface area contributed by atoms with E-state index in [0.717, 1.165) is 0 Å². The van der Waals surface area contributed by atoms with Gasteiger partial charge in [0.25, 0.3) is 0 Å². The van der Waals surface area contributed by atoms with Crippen LogP contribution in [0, 0.1) is 0 Å². The summed E-state index contributed by atoms with van der Waals surface area (Å²) in [6.07, 6.45) is 0.224. The number of imide groups is 1. The molecule has 1 aliphatic heterocycles. The second-order valence-electron chi connectivity index (χ2n) is 1.63. The van der Waals surface area contributed by atoms with Gasteiger partial charge >= 0.3 is 0 Å². The minimum atomic E-state index is -0.414. The van der Waals surface area contributed by atoms with Gasteiger partial charge in [-0.05, 0) is 0 Å². The molecule has 0 spiro atoms. The monoisotopic (exact) mass is 131 g/mol. The van der Waals surface area contributed by atoms with Crippen LogP contribution in [0.5, 0.6) is 0 Å². The lowest BCUT2D eigenvalue weighted by molar-refractivity contribution is -0.124. The molecule has 0 radical (unpaired) electrons. The Labute approximate surface area is 51.9 Å². The van der Waals surface area contributed by atoms with Crippen LogP contribution in [0.2, 0.25) is 0 Å². The summed E-state index contributed by atoms with van der Waals surface area (Å²) in [7, 11) is 0. The van der Waals surface area contributed by atoms with Crippen LogP contribution in [0.3, 0.4) is 0 Å². The van der Waals surface area contributed by atoms with Gasteiger partial charge in [0.15, 0.2) is 0 Å². The zero-order chi connectivity index (χ0) is 6.15. The molecule has 1 aliphatic rings. The second kappa shape index (κ2) is 1.78. The highest BCUT2D eigenvalue weighted by Gasteiger charge is 2.26. The Bertz CT molecular complexity index is 145. The molecule has 2 amide bonds. The highest BCUT2D eigenvalue weighted by molar-refractivity contribution is 7.81. The molecule has 3 nitrogen and oxygen atoms in total. The number of amides is 2. The summed E-state index contributed by atoms with van der Waals surface area (Å²) >= 11 is 3.81. The van der Waals surface area contributed by atoms with Crippen molar-refractivity contribution in [1.29, 1.82) is 0 Å². The van der Waals surface area contributed by atoms with Crippen LogP contribution in [-0.4, -0.2) is 17.1 Å². The van der Waals surface area contributed by atoms with E-state index in [1.54, 1.807) is 0 Å². The van der Waals surface area contributed by atoms with Gasteiger partial charge in [-0.1, -0.05) is 0 Å². The average molecular weight is 131 g/mol. The molecule has 1 saturated heterocycles. The molecule has 44 valence electrons. The maximum Gasteiger partial charge on any atom is 0.239 e. The fourth-order valence-electron chi connectivity index (χ4n) is 0.540. The van der Waals surface area contributed by atoms with Crippen molar-refractivity contribution in [3.63, 3.8) is 0 Å². The van der Waals surface area contributed by atoms with Crippen LogP contribution in [0.25, 0.3) is 0 Å². The van der Waals surface area contributed by atoms with Crippen molar-refractivity contribution in [3.05, 3.63) is 0 Å². The van der Waals surface area contributed by atoms with E-state index in [0.29, 0.717) is 0 Å². The summed E-state index contributed by atoms with van der Waals surface area (Å²) in [4.78, 5) is 20.7. The molecule has 1 heterocycles. The highest BCUT2D eigenvalue weighted by Crippen LogP contribution is 2.06. The van der Waals surface area contributed by atoms with Crippen molar-refractivity contribution in [2.45, 2.75) is 11.7 Å². The summed E-state index contributed by atoms with van der Waals surface area (Å²) in [6, 6.07) is 0. The molecular formula is C4H5NO2S. The van der Waals surface area contributed by atoms with E-state index in [9.17, 15) is 9.59 Å². The fourth-order valence-corrected chi connectivity index (χ4v) is 0.770. The van der Waals surface area contributed by atoms with Gasteiger partial charge in [0, 0.05) is 6.42 Å². The third-order valence-electron chi connectivity index (χ3n) is 0.944. The molecule has 0 aromatic heterocycles. The quantitative estimate of drug-likeness (QED) is 0.338. The first-order valence-corrected chi connectivity index (χ1v) is 2.73. The topological polar surface area (TPSA) is 46.2 Å². The van der Waals surface area contributed by atoms with Gasteiger partial charge in [-0.2, -0.15) is 12.6 Å². The van der Waals surface area contributed by atoms with Crippen LogP contribution in [-0.2, 0) is 9.59 Å². The van der Waals surface area contributed by atoms with Crippen molar-refractivity contribution in [1.82, 2.24) is 5.32 Å². The summed E-state index contributed by atoms with van der Waals surface area (Å²) in [5.41, 5.74) is 0. The summed E-state index contributed by atoms with van der Waals surface area (Å²) in [5.74, 6) is -0.506. The maximum atomic E-state index is 10.4. The van der Waals surface area contributed by atoms with E-state index in [4.69, 9.17) is 0 Å². The highest BCUT2D eigenvalue weighted by atomic mass is 32.1. The maximum absolute atomic E-state index is 10.4. The van der Waals surface area contributed by atoms with Crippen LogP contribution in [0.1, 0.15) is 6.42 Å². The molecule has 0 saturated carbocycles. The van der Waals surface area contributed by atoms with E-state index in [1.165, 1.54) is 0 Å². The molecule has 1 N–H and O–H groups in total. The first kappa shape index (κ1) is 5.62. The van der Waals surface area contributed by atoms with Crippen molar-refractivity contribution >= 4 is 24.4 Å². The first-order chi connectivity index (χ1) is 3.70. The van der Waals surface area contributed by atoms with Gasteiger partial charge in [0.1, 0.15) is 0 Å². The number of thiol groups is 1. The molecule has 1 rings (SSSR count). The third kappa shape index (κ3) is 0.838. The molecule has 1 atom stereocenters. The minimum Gasteiger partial charge on any atom is -0.295 e. The number of nitrogens with one attached hydrogen (secondary N) is 1. The van der Waals surface area contributed by atoms with Gasteiger partial charge in [0.05, 0.1) is 5.25 Å². The molecule has 0 unspecified atom stereocenters. The van der Waals surface area contributed by atoms with Crippen molar-refractivity contribution < 1.29 is 9.59 Å². The van der Waals surface area contributed by atoms with E-state index in [2.05, 4.69) is 17.9 Å². The van der Waals surface area contributed by atoms with Gasteiger partial charge in [-0.15, -0.1) is 0 Å². The first-order valence-electron chi connectivity index (χ1n) is 2.22. The molecule has 0 bridgehead atoms. The number of hydrogen-bond donors (Lipinski definition) is 2. The molecule has 4 heteroatoms. The predicted molar refractivity (Wildman–Crippen MR) is 30.5 cm³/mol. The van der Waals surface area contributed by atoms with E-state index >= 15 is 0 Å². The molecular weight excluding hydrogens is 126 g/mol. The molecule has 0 aromatic carbocycles. The molecule has 0 aromatic rings. The minimum absolute atomic E-state index is 0.224. The van der Waals surface area contributed by atoms with E-state index in [-0.39, 0.29) is 18.2 Å². The number of carbonyl (C=O) groups is 2. The Morgan fingerprint density at radius 2 is 2.25 bits per heavy atom. The zero-order valence-electron chi connectivity index (χ0n) is 4.05. The number of rotatable bonds is 0. The summed E-state index contributed by atoms with van der Waals surface area (Å²) in [5, 5.41) is 1.70. The van der Waals surface area contributed by atoms with E-state index in [1.807, 2.05) is 0 Å². The zero-order valence-corrected chi connectivity index (χ0v) is 4.94. The van der Waals surface area contributed by atoms with Crippen LogP contribution < -0.4 is 5.32 Å². The Balaban J connectivity index is 2.64. The van der Waals surface area contributed by atoms with Crippen molar-refractivity contribution in [2.75, 3.05) is 0 Å². The number of carbonyl (C=O) groups excluding carboxylic acids is 2.